The summed E-state index contributed by atoms with van der Waals surface area (Å²) in [5, 5.41) is 18.9. The minimum absolute atomic E-state index is 0. The van der Waals surface area contributed by atoms with E-state index in [0.29, 0.717) is 27.8 Å². The Morgan fingerprint density at radius 1 is 0.614 bits per heavy atom. The molecule has 70 heavy (non-hydrogen) atoms. The van der Waals surface area contributed by atoms with E-state index in [1.807, 2.05) is 20.1 Å². The fourth-order valence-electron chi connectivity index (χ4n) is 7.37. The summed E-state index contributed by atoms with van der Waals surface area (Å²) in [6, 6.07) is 8.99. The number of hydrogen-bond donors (Lipinski definition) is 4. The molecule has 374 valence electrons. The first kappa shape index (κ1) is 56.5. The third-order valence-electron chi connectivity index (χ3n) is 11.1. The number of benzene rings is 4. The molecule has 4 aromatic carbocycles. The van der Waals surface area contributed by atoms with Crippen molar-refractivity contribution in [1.82, 2.24) is 9.97 Å². The van der Waals surface area contributed by atoms with E-state index in [0.717, 1.165) is 64.1 Å². The SMILES string of the molecule is C.CSc1cc(-c2c(C)cncc2C)c(O)c(C(=O)Nc2ccc(S(=O)(=O)C(C)(F)F)cc2Cl)c1C.Cc1cc(S(=O)(=O)C(C)(F)F)ccc1NC(=O)c1c(C)c(F)cc(-c2c(C)cncc2C)c1O. The summed E-state index contributed by atoms with van der Waals surface area (Å²) >= 11 is 7.53. The van der Waals surface area contributed by atoms with Crippen molar-refractivity contribution in [2.75, 3.05) is 16.9 Å². The summed E-state index contributed by atoms with van der Waals surface area (Å²) in [7, 11) is -9.84. The number of aryl methyl sites for hydroxylation is 5. The number of aromatic hydroxyl groups is 2. The molecule has 2 aromatic heterocycles. The molecule has 0 spiro atoms. The second kappa shape index (κ2) is 21.1. The van der Waals surface area contributed by atoms with Crippen LogP contribution in [-0.4, -0.2) is 65.6 Å². The number of halogens is 6. The van der Waals surface area contributed by atoms with Gasteiger partial charge in [0, 0.05) is 65.9 Å². The van der Waals surface area contributed by atoms with Crippen molar-refractivity contribution >= 4 is 66.2 Å². The Bertz CT molecular complexity index is 3250. The van der Waals surface area contributed by atoms with Gasteiger partial charge in [-0.25, -0.2) is 21.2 Å². The van der Waals surface area contributed by atoms with Crippen LogP contribution in [0.5, 0.6) is 11.5 Å². The minimum atomic E-state index is -4.94. The van der Waals surface area contributed by atoms with Crippen LogP contribution in [0.4, 0.5) is 33.3 Å². The van der Waals surface area contributed by atoms with Crippen LogP contribution < -0.4 is 10.6 Å². The summed E-state index contributed by atoms with van der Waals surface area (Å²) in [5.41, 5.74) is 5.28. The Kier molecular flexibility index (Phi) is 17.0. The van der Waals surface area contributed by atoms with Gasteiger partial charge in [0.2, 0.25) is 19.7 Å². The topological polar surface area (TPSA) is 193 Å². The molecule has 0 aliphatic carbocycles. The summed E-state index contributed by atoms with van der Waals surface area (Å²) in [6.45, 7) is 12.2. The highest BCUT2D eigenvalue weighted by atomic mass is 35.5. The molecule has 0 fully saturated rings. The van der Waals surface area contributed by atoms with Gasteiger partial charge in [-0.1, -0.05) is 19.0 Å². The van der Waals surface area contributed by atoms with Crippen LogP contribution >= 0.6 is 23.4 Å². The molecule has 6 aromatic rings. The number of nitrogens with one attached hydrogen (secondary N) is 2. The summed E-state index contributed by atoms with van der Waals surface area (Å²) in [4.78, 5) is 34.0. The second-order valence-corrected chi connectivity index (χ2v) is 21.8. The average Bonchev–Trinajstić information content (AvgIpc) is 3.24. The first-order chi connectivity index (χ1) is 31.9. The van der Waals surface area contributed by atoms with E-state index in [1.165, 1.54) is 25.6 Å². The number of nitrogens with zero attached hydrogens (tertiary/aromatic N) is 2. The van der Waals surface area contributed by atoms with E-state index < -0.39 is 63.4 Å². The van der Waals surface area contributed by atoms with Gasteiger partial charge in [0.05, 0.1) is 31.6 Å². The van der Waals surface area contributed by atoms with Crippen LogP contribution in [0.2, 0.25) is 5.02 Å². The van der Waals surface area contributed by atoms with E-state index in [4.69, 9.17) is 11.6 Å². The number of carbonyl (C=O) groups excluding carboxylic acids is 2. The Hall–Kier alpha value is -6.09. The van der Waals surface area contributed by atoms with Gasteiger partial charge in [-0.05, 0) is 148 Å². The molecule has 4 N–H and O–H groups in total. The molecule has 2 heterocycles. The smallest absolute Gasteiger partial charge is 0.347 e. The lowest BCUT2D eigenvalue weighted by atomic mass is 9.92. The van der Waals surface area contributed by atoms with Gasteiger partial charge < -0.3 is 20.8 Å². The predicted octanol–water partition coefficient (Wildman–Crippen LogP) is 12.5. The van der Waals surface area contributed by atoms with Gasteiger partial charge >= 0.3 is 10.5 Å². The summed E-state index contributed by atoms with van der Waals surface area (Å²) in [5.74, 6) is -2.93. The molecule has 0 bridgehead atoms. The largest absolute Gasteiger partial charge is 0.506 e. The number of alkyl halides is 4. The molecule has 0 saturated carbocycles. The van der Waals surface area contributed by atoms with Crippen molar-refractivity contribution in [2.24, 2.45) is 0 Å². The molecule has 6 rings (SSSR count). The standard InChI is InChI=1S/C24H23ClF2N2O4S2.C24H23F3N2O4S.CH4/c1-12-10-28-11-13(2)20(12)16-9-19(34-5)14(3)21(22(16)30)23(31)29-18-7-6-15(8-17(18)25)35(32,33)24(4,26)27;1-12-8-16(34(32,33)24(5,26)27)6-7-19(12)29-23(31)21-15(4)18(25)9-17(22(21)30)20-13(2)10-28-11-14(20)3;/h6-11,30H,1-5H3,(H,29,31);6-11,30H,1-5H3,(H,29,31);1H4. The molecule has 0 unspecified atom stereocenters. The van der Waals surface area contributed by atoms with Crippen LogP contribution in [0.25, 0.3) is 22.3 Å². The summed E-state index contributed by atoms with van der Waals surface area (Å²) in [6.07, 6.45) is 8.28. The van der Waals surface area contributed by atoms with Crippen LogP contribution in [0.3, 0.4) is 0 Å². The zero-order valence-corrected chi connectivity index (χ0v) is 41.9. The lowest BCUT2D eigenvalue weighted by Crippen LogP contribution is -2.25. The van der Waals surface area contributed by atoms with E-state index >= 15 is 0 Å². The van der Waals surface area contributed by atoms with Gasteiger partial charge in [-0.15, -0.1) is 11.8 Å². The van der Waals surface area contributed by atoms with Crippen molar-refractivity contribution in [2.45, 2.75) is 94.9 Å². The Morgan fingerprint density at radius 2 is 1.00 bits per heavy atom. The number of thioether (sulfide) groups is 1. The van der Waals surface area contributed by atoms with Crippen molar-refractivity contribution < 1.29 is 58.6 Å². The maximum atomic E-state index is 14.8. The minimum Gasteiger partial charge on any atom is -0.506 e. The van der Waals surface area contributed by atoms with Crippen LogP contribution in [0.1, 0.15) is 80.9 Å². The molecule has 21 heteroatoms. The number of sulfone groups is 2. The molecular weight excluding hydrogens is 999 g/mol. The summed E-state index contributed by atoms with van der Waals surface area (Å²) < 4.78 is 117. The van der Waals surface area contributed by atoms with Gasteiger partial charge in [0.1, 0.15) is 17.3 Å². The van der Waals surface area contributed by atoms with E-state index in [9.17, 15) is 58.6 Å². The van der Waals surface area contributed by atoms with Crippen molar-refractivity contribution in [3.63, 3.8) is 0 Å². The lowest BCUT2D eigenvalue weighted by Gasteiger charge is -2.19. The van der Waals surface area contributed by atoms with E-state index in [-0.39, 0.29) is 71.2 Å². The quantitative estimate of drug-likeness (QED) is 0.0713. The van der Waals surface area contributed by atoms with Crippen LogP contribution in [-0.2, 0) is 19.7 Å². The third-order valence-corrected chi connectivity index (χ3v) is 15.9. The maximum Gasteiger partial charge on any atom is 0.347 e. The van der Waals surface area contributed by atoms with Crippen molar-refractivity contribution in [3.05, 3.63) is 134 Å². The average molecular weight is 1050 g/mol. The lowest BCUT2D eigenvalue weighted by molar-refractivity contribution is 0.101. The number of carbonyl (C=O) groups is 2. The number of anilines is 2. The van der Waals surface area contributed by atoms with Gasteiger partial charge in [0.15, 0.2) is 0 Å². The van der Waals surface area contributed by atoms with Gasteiger partial charge in [-0.2, -0.15) is 17.6 Å². The fraction of sp³-hybridized carbons (Fsp3) is 0.265. The Labute approximate surface area is 412 Å². The molecule has 0 aliphatic heterocycles. The highest BCUT2D eigenvalue weighted by Crippen LogP contribution is 2.43. The van der Waals surface area contributed by atoms with E-state index in [1.54, 1.807) is 51.6 Å². The van der Waals surface area contributed by atoms with Crippen molar-refractivity contribution in [1.29, 1.82) is 0 Å². The number of phenols is 2. The van der Waals surface area contributed by atoms with Crippen LogP contribution in [0.15, 0.2) is 88.0 Å². The highest BCUT2D eigenvalue weighted by molar-refractivity contribution is 7.98. The zero-order chi connectivity index (χ0) is 51.9. The number of hydrogen-bond acceptors (Lipinski definition) is 11. The molecule has 0 radical (unpaired) electrons. The van der Waals surface area contributed by atoms with Gasteiger partial charge in [0.25, 0.3) is 11.8 Å². The van der Waals surface area contributed by atoms with Gasteiger partial charge in [-0.3, -0.25) is 19.6 Å². The number of phenolic OH excluding ortho intramolecular Hbond substituents is 2. The predicted molar refractivity (Wildman–Crippen MR) is 264 cm³/mol. The second-order valence-electron chi connectivity index (χ2n) is 16.2. The number of aromatic nitrogens is 2. The number of pyridine rings is 2. The first-order valence-electron chi connectivity index (χ1n) is 20.4. The highest BCUT2D eigenvalue weighted by Gasteiger charge is 2.42. The first-order valence-corrected chi connectivity index (χ1v) is 25.0. The molecular formula is C49H50ClF5N4O8S3. The molecule has 0 aliphatic rings. The number of amides is 2. The fourth-order valence-corrected chi connectivity index (χ4v) is 10.2. The normalized spacial score (nSPS) is 11.8. The molecule has 2 amide bonds. The monoisotopic (exact) mass is 1050 g/mol. The Balaban J connectivity index is 0.000000300. The molecule has 0 atom stereocenters. The Morgan fingerprint density at radius 3 is 1.40 bits per heavy atom. The maximum absolute atomic E-state index is 14.8. The third kappa shape index (κ3) is 11.1. The van der Waals surface area contributed by atoms with E-state index in [2.05, 4.69) is 20.6 Å². The molecule has 0 saturated heterocycles. The zero-order valence-electron chi connectivity index (χ0n) is 38.7. The number of rotatable bonds is 11. The molecule has 12 nitrogen and oxygen atoms in total. The van der Waals surface area contributed by atoms with Crippen LogP contribution in [0, 0.1) is 54.3 Å². The van der Waals surface area contributed by atoms with Crippen molar-refractivity contribution in [3.8, 4) is 33.8 Å².